The summed E-state index contributed by atoms with van der Waals surface area (Å²) >= 11 is 7.81. The molecule has 0 N–H and O–H groups in total. The van der Waals surface area contributed by atoms with Crippen LogP contribution in [-0.2, 0) is 0 Å². The van der Waals surface area contributed by atoms with Gasteiger partial charge < -0.3 is 9.64 Å². The van der Waals surface area contributed by atoms with Gasteiger partial charge in [-0.05, 0) is 25.7 Å². The summed E-state index contributed by atoms with van der Waals surface area (Å²) in [5.74, 6) is 1.30. The maximum absolute atomic E-state index is 6.04. The molecule has 3 heterocycles. The molecule has 2 aromatic rings. The van der Waals surface area contributed by atoms with E-state index in [1.165, 1.54) is 4.88 Å². The van der Waals surface area contributed by atoms with Gasteiger partial charge >= 0.3 is 0 Å². The topological polar surface area (TPSA) is 38.2 Å². The predicted octanol–water partition coefficient (Wildman–Crippen LogP) is 3.80. The number of rotatable bonds is 4. The van der Waals surface area contributed by atoms with Crippen molar-refractivity contribution in [2.45, 2.75) is 19.8 Å². The van der Waals surface area contributed by atoms with Gasteiger partial charge in [0, 0.05) is 42.6 Å². The van der Waals surface area contributed by atoms with Crippen LogP contribution < -0.4 is 9.64 Å². The second-order valence-corrected chi connectivity index (χ2v) is 6.92. The molecule has 4 nitrogen and oxygen atoms in total. The van der Waals surface area contributed by atoms with Crippen molar-refractivity contribution in [2.75, 3.05) is 24.6 Å². The van der Waals surface area contributed by atoms with E-state index in [2.05, 4.69) is 21.8 Å². The van der Waals surface area contributed by atoms with E-state index < -0.39 is 0 Å². The molecule has 0 unspecified atom stereocenters. The second-order valence-electron chi connectivity index (χ2n) is 5.30. The quantitative estimate of drug-likeness (QED) is 0.858. The Morgan fingerprint density at radius 3 is 2.86 bits per heavy atom. The largest absolute Gasteiger partial charge is 0.492 e. The van der Waals surface area contributed by atoms with Crippen molar-refractivity contribution in [3.8, 4) is 5.75 Å². The SMILES string of the molecule is Cc1cnc(N2CCC(COc3ccncc3Cl)CC2)s1. The molecule has 0 atom stereocenters. The lowest BCUT2D eigenvalue weighted by molar-refractivity contribution is 0.223. The number of halogens is 1. The summed E-state index contributed by atoms with van der Waals surface area (Å²) in [6.07, 6.45) is 7.52. The first-order chi connectivity index (χ1) is 10.2. The molecule has 1 aliphatic heterocycles. The van der Waals surface area contributed by atoms with Gasteiger partial charge in [-0.15, -0.1) is 11.3 Å². The van der Waals surface area contributed by atoms with Crippen LogP contribution >= 0.6 is 22.9 Å². The Morgan fingerprint density at radius 2 is 2.19 bits per heavy atom. The summed E-state index contributed by atoms with van der Waals surface area (Å²) in [6, 6.07) is 1.82. The molecule has 112 valence electrons. The van der Waals surface area contributed by atoms with Crippen molar-refractivity contribution >= 4 is 28.1 Å². The minimum absolute atomic E-state index is 0.576. The number of hydrogen-bond acceptors (Lipinski definition) is 5. The zero-order valence-corrected chi connectivity index (χ0v) is 13.5. The molecule has 0 amide bonds. The summed E-state index contributed by atoms with van der Waals surface area (Å²) in [7, 11) is 0. The fraction of sp³-hybridized carbons (Fsp3) is 0.467. The molecule has 21 heavy (non-hydrogen) atoms. The van der Waals surface area contributed by atoms with E-state index in [0.717, 1.165) is 36.8 Å². The first-order valence-corrected chi connectivity index (χ1v) is 8.31. The highest BCUT2D eigenvalue weighted by Crippen LogP contribution is 2.28. The van der Waals surface area contributed by atoms with E-state index in [4.69, 9.17) is 16.3 Å². The van der Waals surface area contributed by atoms with Gasteiger partial charge in [0.15, 0.2) is 5.13 Å². The summed E-state index contributed by atoms with van der Waals surface area (Å²) in [4.78, 5) is 12.1. The van der Waals surface area contributed by atoms with E-state index >= 15 is 0 Å². The smallest absolute Gasteiger partial charge is 0.185 e. The number of aromatic nitrogens is 2. The number of piperidine rings is 1. The number of aryl methyl sites for hydroxylation is 1. The molecular formula is C15H18ClN3OS. The molecule has 0 spiro atoms. The van der Waals surface area contributed by atoms with E-state index in [1.54, 1.807) is 23.7 Å². The average Bonchev–Trinajstić information content (AvgIpc) is 2.94. The Balaban J connectivity index is 1.49. The Hall–Kier alpha value is -1.33. The number of pyridine rings is 1. The Morgan fingerprint density at radius 1 is 1.38 bits per heavy atom. The van der Waals surface area contributed by atoms with Crippen LogP contribution in [-0.4, -0.2) is 29.7 Å². The molecule has 1 aliphatic rings. The second kappa shape index (κ2) is 6.62. The highest BCUT2D eigenvalue weighted by molar-refractivity contribution is 7.15. The van der Waals surface area contributed by atoms with Crippen LogP contribution in [0.4, 0.5) is 5.13 Å². The summed E-state index contributed by atoms with van der Waals surface area (Å²) in [5, 5.41) is 1.72. The van der Waals surface area contributed by atoms with Gasteiger partial charge in [0.2, 0.25) is 0 Å². The average molecular weight is 324 g/mol. The lowest BCUT2D eigenvalue weighted by atomic mass is 9.98. The third kappa shape index (κ3) is 3.66. The Labute approximate surface area is 133 Å². The summed E-state index contributed by atoms with van der Waals surface area (Å²) in [6.45, 7) is 4.91. The number of ether oxygens (including phenoxy) is 1. The van der Waals surface area contributed by atoms with Gasteiger partial charge in [-0.2, -0.15) is 0 Å². The van der Waals surface area contributed by atoms with Crippen molar-refractivity contribution in [1.29, 1.82) is 0 Å². The van der Waals surface area contributed by atoms with Crippen molar-refractivity contribution in [2.24, 2.45) is 5.92 Å². The van der Waals surface area contributed by atoms with E-state index in [0.29, 0.717) is 17.5 Å². The molecule has 0 bridgehead atoms. The molecule has 0 radical (unpaired) electrons. The van der Waals surface area contributed by atoms with Crippen molar-refractivity contribution in [1.82, 2.24) is 9.97 Å². The molecule has 0 saturated carbocycles. The van der Waals surface area contributed by atoms with Gasteiger partial charge in [0.25, 0.3) is 0 Å². The monoisotopic (exact) mass is 323 g/mol. The normalized spacial score (nSPS) is 16.2. The van der Waals surface area contributed by atoms with Gasteiger partial charge in [0.1, 0.15) is 10.8 Å². The van der Waals surface area contributed by atoms with Crippen LogP contribution in [0.15, 0.2) is 24.7 Å². The maximum Gasteiger partial charge on any atom is 0.185 e. The lowest BCUT2D eigenvalue weighted by Gasteiger charge is -2.31. The summed E-state index contributed by atoms with van der Waals surface area (Å²) < 4.78 is 5.82. The standard InChI is InChI=1S/C15H18ClN3OS/c1-11-8-18-15(21-11)19-6-3-12(4-7-19)10-20-14-2-5-17-9-13(14)16/h2,5,8-9,12H,3-4,6-7,10H2,1H3. The van der Waals surface area contributed by atoms with Gasteiger partial charge in [-0.3, -0.25) is 4.98 Å². The molecule has 0 aliphatic carbocycles. The number of anilines is 1. The molecular weight excluding hydrogens is 306 g/mol. The van der Waals surface area contributed by atoms with Crippen LogP contribution in [0.3, 0.4) is 0 Å². The van der Waals surface area contributed by atoms with E-state index in [-0.39, 0.29) is 0 Å². The van der Waals surface area contributed by atoms with Crippen molar-refractivity contribution < 1.29 is 4.74 Å². The molecule has 6 heteroatoms. The third-order valence-corrected chi connectivity index (χ3v) is 4.96. The minimum Gasteiger partial charge on any atom is -0.492 e. The zero-order chi connectivity index (χ0) is 14.7. The lowest BCUT2D eigenvalue weighted by Crippen LogP contribution is -2.35. The molecule has 0 aromatic carbocycles. The van der Waals surface area contributed by atoms with Crippen molar-refractivity contribution in [3.05, 3.63) is 34.6 Å². The van der Waals surface area contributed by atoms with Gasteiger partial charge in [-0.1, -0.05) is 11.6 Å². The van der Waals surface area contributed by atoms with Crippen LogP contribution in [0, 0.1) is 12.8 Å². The van der Waals surface area contributed by atoms with Crippen LogP contribution in [0.25, 0.3) is 0 Å². The maximum atomic E-state index is 6.04. The first-order valence-electron chi connectivity index (χ1n) is 7.12. The van der Waals surface area contributed by atoms with Gasteiger partial charge in [-0.25, -0.2) is 4.98 Å². The fourth-order valence-corrected chi connectivity index (χ4v) is 3.45. The van der Waals surface area contributed by atoms with Crippen LogP contribution in [0.2, 0.25) is 5.02 Å². The number of nitrogens with zero attached hydrogens (tertiary/aromatic N) is 3. The molecule has 1 fully saturated rings. The highest BCUT2D eigenvalue weighted by atomic mass is 35.5. The van der Waals surface area contributed by atoms with E-state index in [9.17, 15) is 0 Å². The highest BCUT2D eigenvalue weighted by Gasteiger charge is 2.21. The third-order valence-electron chi connectivity index (χ3n) is 3.70. The van der Waals surface area contributed by atoms with Crippen LogP contribution in [0.5, 0.6) is 5.75 Å². The summed E-state index contributed by atoms with van der Waals surface area (Å²) in [5.41, 5.74) is 0. The fourth-order valence-electron chi connectivity index (χ4n) is 2.47. The zero-order valence-electron chi connectivity index (χ0n) is 12.0. The molecule has 3 rings (SSSR count). The van der Waals surface area contributed by atoms with Gasteiger partial charge in [0.05, 0.1) is 6.61 Å². The Kier molecular flexibility index (Phi) is 4.60. The minimum atomic E-state index is 0.576. The molecule has 2 aromatic heterocycles. The van der Waals surface area contributed by atoms with E-state index in [1.807, 2.05) is 12.3 Å². The van der Waals surface area contributed by atoms with Crippen LogP contribution in [0.1, 0.15) is 17.7 Å². The van der Waals surface area contributed by atoms with Crippen molar-refractivity contribution in [3.63, 3.8) is 0 Å². The first kappa shape index (κ1) is 14.6. The predicted molar refractivity (Wildman–Crippen MR) is 86.5 cm³/mol. The number of thiazole rings is 1. The number of hydrogen-bond donors (Lipinski definition) is 0. The molecule has 1 saturated heterocycles. The Bertz CT molecular complexity index is 596.